The number of hydrogen-bond donors (Lipinski definition) is 1. The third-order valence-electron chi connectivity index (χ3n) is 3.20. The molecule has 0 aliphatic carbocycles. The predicted molar refractivity (Wildman–Crippen MR) is 76.7 cm³/mol. The highest BCUT2D eigenvalue weighted by Gasteiger charge is 2.24. The zero-order valence-corrected chi connectivity index (χ0v) is 12.8. The van der Waals surface area contributed by atoms with Gasteiger partial charge < -0.3 is 4.90 Å². The van der Waals surface area contributed by atoms with Gasteiger partial charge in [-0.05, 0) is 25.3 Å². The van der Waals surface area contributed by atoms with Crippen molar-refractivity contribution in [3.63, 3.8) is 0 Å². The third-order valence-corrected chi connectivity index (χ3v) is 3.20. The number of nitrogens with one attached hydrogen (secondary N) is 1. The second-order valence-corrected chi connectivity index (χ2v) is 5.68. The third kappa shape index (κ3) is 4.35. The molecule has 0 aliphatic rings. The lowest BCUT2D eigenvalue weighted by atomic mass is 10.0. The molecular formula is C14H26N4O. The first-order valence-corrected chi connectivity index (χ1v) is 6.78. The van der Waals surface area contributed by atoms with Gasteiger partial charge in [0.25, 0.3) is 0 Å². The smallest absolute Gasteiger partial charge is 0.239 e. The summed E-state index contributed by atoms with van der Waals surface area (Å²) in [7, 11) is 5.51. The number of aromatic nitrogens is 2. The summed E-state index contributed by atoms with van der Waals surface area (Å²) in [6.07, 6.45) is 2.61. The molecule has 0 spiro atoms. The first-order chi connectivity index (χ1) is 8.82. The Balaban J connectivity index is 2.77. The minimum Gasteiger partial charge on any atom is -0.347 e. The number of rotatable bonds is 6. The minimum atomic E-state index is -0.153. The summed E-state index contributed by atoms with van der Waals surface area (Å²) in [4.78, 5) is 13.9. The molecular weight excluding hydrogens is 240 g/mol. The van der Waals surface area contributed by atoms with E-state index in [9.17, 15) is 4.79 Å². The fourth-order valence-corrected chi connectivity index (χ4v) is 2.22. The highest BCUT2D eigenvalue weighted by Crippen LogP contribution is 2.15. The standard InChI is InChI=1S/C14H26N4O/c1-10(2)9-12(14(19)17(4)5)16-11(3)13-7-8-15-18(13)6/h7-8,10-12,16H,9H2,1-6H3. The molecule has 0 fully saturated rings. The predicted octanol–water partition coefficient (Wildman–Crippen LogP) is 1.57. The molecule has 19 heavy (non-hydrogen) atoms. The topological polar surface area (TPSA) is 50.2 Å². The molecule has 1 aromatic heterocycles. The number of carbonyl (C=O) groups excluding carboxylic acids is 1. The Labute approximate surface area is 116 Å². The lowest BCUT2D eigenvalue weighted by Gasteiger charge is -2.26. The lowest BCUT2D eigenvalue weighted by Crippen LogP contribution is -2.45. The van der Waals surface area contributed by atoms with Crippen LogP contribution in [0, 0.1) is 5.92 Å². The van der Waals surface area contributed by atoms with E-state index in [-0.39, 0.29) is 18.0 Å². The summed E-state index contributed by atoms with van der Waals surface area (Å²) in [5.41, 5.74) is 1.08. The molecule has 0 bridgehead atoms. The maximum absolute atomic E-state index is 12.2. The molecule has 1 heterocycles. The number of carbonyl (C=O) groups is 1. The minimum absolute atomic E-state index is 0.0974. The van der Waals surface area contributed by atoms with E-state index in [2.05, 4.69) is 31.2 Å². The molecule has 0 aromatic carbocycles. The number of hydrogen-bond acceptors (Lipinski definition) is 3. The van der Waals surface area contributed by atoms with Crippen LogP contribution < -0.4 is 5.32 Å². The van der Waals surface area contributed by atoms with Gasteiger partial charge in [0.05, 0.1) is 11.7 Å². The van der Waals surface area contributed by atoms with Crippen LogP contribution in [0.3, 0.4) is 0 Å². The molecule has 5 nitrogen and oxygen atoms in total. The van der Waals surface area contributed by atoms with Gasteiger partial charge in [0, 0.05) is 33.4 Å². The van der Waals surface area contributed by atoms with Crippen LogP contribution in [0.4, 0.5) is 0 Å². The van der Waals surface area contributed by atoms with Crippen LogP contribution in [0.25, 0.3) is 0 Å². The van der Waals surface area contributed by atoms with Gasteiger partial charge in [0.1, 0.15) is 0 Å². The average molecular weight is 266 g/mol. The first-order valence-electron chi connectivity index (χ1n) is 6.78. The second-order valence-electron chi connectivity index (χ2n) is 5.68. The van der Waals surface area contributed by atoms with Gasteiger partial charge in [-0.2, -0.15) is 5.10 Å². The van der Waals surface area contributed by atoms with Crippen molar-refractivity contribution in [3.8, 4) is 0 Å². The molecule has 5 heteroatoms. The van der Waals surface area contributed by atoms with E-state index in [1.807, 2.05) is 17.8 Å². The molecule has 0 saturated heterocycles. The average Bonchev–Trinajstić information content (AvgIpc) is 2.72. The van der Waals surface area contributed by atoms with Crippen LogP contribution >= 0.6 is 0 Å². The Morgan fingerprint density at radius 1 is 1.42 bits per heavy atom. The summed E-state index contributed by atoms with van der Waals surface area (Å²) in [6.45, 7) is 6.33. The molecule has 1 amide bonds. The normalized spacial score (nSPS) is 14.5. The van der Waals surface area contributed by atoms with E-state index in [1.54, 1.807) is 25.2 Å². The highest BCUT2D eigenvalue weighted by molar-refractivity contribution is 5.81. The largest absolute Gasteiger partial charge is 0.347 e. The first kappa shape index (κ1) is 15.7. The summed E-state index contributed by atoms with van der Waals surface area (Å²) in [5, 5.41) is 7.59. The van der Waals surface area contributed by atoms with Crippen molar-refractivity contribution in [1.82, 2.24) is 20.0 Å². The van der Waals surface area contributed by atoms with Gasteiger partial charge in [0.15, 0.2) is 0 Å². The number of likely N-dealkylation sites (N-methyl/N-ethyl adjacent to an activating group) is 1. The summed E-state index contributed by atoms with van der Waals surface area (Å²) < 4.78 is 1.84. The molecule has 0 radical (unpaired) electrons. The molecule has 2 atom stereocenters. The number of nitrogens with zero attached hydrogens (tertiary/aromatic N) is 3. The van der Waals surface area contributed by atoms with Crippen LogP contribution in [0.2, 0.25) is 0 Å². The SMILES string of the molecule is CC(C)CC(NC(C)c1ccnn1C)C(=O)N(C)C. The van der Waals surface area contributed by atoms with E-state index in [0.29, 0.717) is 5.92 Å². The van der Waals surface area contributed by atoms with E-state index >= 15 is 0 Å². The van der Waals surface area contributed by atoms with Gasteiger partial charge in [-0.25, -0.2) is 0 Å². The molecule has 1 rings (SSSR count). The van der Waals surface area contributed by atoms with Crippen molar-refractivity contribution in [2.75, 3.05) is 14.1 Å². The fourth-order valence-electron chi connectivity index (χ4n) is 2.22. The molecule has 108 valence electrons. The summed E-state index contributed by atoms with van der Waals surface area (Å²) in [6, 6.07) is 1.92. The van der Waals surface area contributed by atoms with E-state index in [1.165, 1.54) is 0 Å². The van der Waals surface area contributed by atoms with Crippen LogP contribution in [-0.4, -0.2) is 40.7 Å². The zero-order valence-electron chi connectivity index (χ0n) is 12.8. The Bertz CT molecular complexity index is 411. The van der Waals surface area contributed by atoms with Gasteiger partial charge in [-0.15, -0.1) is 0 Å². The van der Waals surface area contributed by atoms with Crippen molar-refractivity contribution in [2.45, 2.75) is 39.3 Å². The molecule has 0 saturated carbocycles. The quantitative estimate of drug-likeness (QED) is 0.850. The van der Waals surface area contributed by atoms with Crippen molar-refractivity contribution in [2.24, 2.45) is 13.0 Å². The van der Waals surface area contributed by atoms with E-state index < -0.39 is 0 Å². The molecule has 1 aromatic rings. The van der Waals surface area contributed by atoms with Gasteiger partial charge in [0.2, 0.25) is 5.91 Å². The Hall–Kier alpha value is -1.36. The second kappa shape index (κ2) is 6.70. The number of amides is 1. The monoisotopic (exact) mass is 266 g/mol. The summed E-state index contributed by atoms with van der Waals surface area (Å²) >= 11 is 0. The number of aryl methyl sites for hydroxylation is 1. The Morgan fingerprint density at radius 3 is 2.47 bits per heavy atom. The fraction of sp³-hybridized carbons (Fsp3) is 0.714. The van der Waals surface area contributed by atoms with Gasteiger partial charge in [-0.3, -0.25) is 14.8 Å². The van der Waals surface area contributed by atoms with Crippen LogP contribution in [0.15, 0.2) is 12.3 Å². The van der Waals surface area contributed by atoms with Crippen molar-refractivity contribution in [1.29, 1.82) is 0 Å². The molecule has 2 unspecified atom stereocenters. The Kier molecular flexibility index (Phi) is 5.54. The van der Waals surface area contributed by atoms with Crippen molar-refractivity contribution >= 4 is 5.91 Å². The van der Waals surface area contributed by atoms with E-state index in [0.717, 1.165) is 12.1 Å². The van der Waals surface area contributed by atoms with Crippen LogP contribution in [0.1, 0.15) is 38.9 Å². The van der Waals surface area contributed by atoms with Crippen LogP contribution in [-0.2, 0) is 11.8 Å². The summed E-state index contributed by atoms with van der Waals surface area (Å²) in [5.74, 6) is 0.600. The maximum atomic E-state index is 12.2. The maximum Gasteiger partial charge on any atom is 0.239 e. The van der Waals surface area contributed by atoms with Crippen LogP contribution in [0.5, 0.6) is 0 Å². The van der Waals surface area contributed by atoms with Gasteiger partial charge >= 0.3 is 0 Å². The zero-order chi connectivity index (χ0) is 14.6. The lowest BCUT2D eigenvalue weighted by molar-refractivity contribution is -0.131. The van der Waals surface area contributed by atoms with Gasteiger partial charge in [-0.1, -0.05) is 13.8 Å². The van der Waals surface area contributed by atoms with E-state index in [4.69, 9.17) is 0 Å². The molecule has 1 N–H and O–H groups in total. The van der Waals surface area contributed by atoms with Crippen molar-refractivity contribution < 1.29 is 4.79 Å². The highest BCUT2D eigenvalue weighted by atomic mass is 16.2. The van der Waals surface area contributed by atoms with Crippen molar-refractivity contribution in [3.05, 3.63) is 18.0 Å². The Morgan fingerprint density at radius 2 is 2.05 bits per heavy atom. The molecule has 0 aliphatic heterocycles.